The molecular formula is C20H21N2O3+. The number of aryl methyl sites for hydroxylation is 2. The van der Waals surface area contributed by atoms with Gasteiger partial charge < -0.3 is 14.5 Å². The van der Waals surface area contributed by atoms with Crippen LogP contribution in [0, 0.1) is 6.92 Å². The number of nitrogens with one attached hydrogen (secondary N) is 1. The van der Waals surface area contributed by atoms with Gasteiger partial charge in [0.15, 0.2) is 6.54 Å². The van der Waals surface area contributed by atoms with Gasteiger partial charge in [0.2, 0.25) is 5.58 Å². The summed E-state index contributed by atoms with van der Waals surface area (Å²) in [7, 11) is 0. The molecule has 0 aliphatic rings. The van der Waals surface area contributed by atoms with Crippen molar-refractivity contribution in [3.8, 4) is 0 Å². The van der Waals surface area contributed by atoms with Gasteiger partial charge in [-0.25, -0.2) is 0 Å². The summed E-state index contributed by atoms with van der Waals surface area (Å²) in [4.78, 5) is 14.0. The van der Waals surface area contributed by atoms with Gasteiger partial charge in [-0.15, -0.1) is 0 Å². The molecule has 5 nitrogen and oxygen atoms in total. The lowest BCUT2D eigenvalue weighted by Crippen LogP contribution is -2.35. The number of carboxylic acid groups (broad SMARTS) is 1. The Kier molecular flexibility index (Phi) is 3.92. The first-order valence-corrected chi connectivity index (χ1v) is 8.69. The third-order valence-electron chi connectivity index (χ3n) is 4.79. The molecule has 5 heteroatoms. The number of H-pyrrole nitrogens is 1. The summed E-state index contributed by atoms with van der Waals surface area (Å²) >= 11 is 0. The number of benzene rings is 2. The number of oxazole rings is 1. The summed E-state index contributed by atoms with van der Waals surface area (Å²) in [5, 5.41) is 11.1. The van der Waals surface area contributed by atoms with Crippen LogP contribution in [0.3, 0.4) is 0 Å². The lowest BCUT2D eigenvalue weighted by atomic mass is 10.1. The Labute approximate surface area is 144 Å². The van der Waals surface area contributed by atoms with Crippen LogP contribution in [0.1, 0.15) is 31.6 Å². The Morgan fingerprint density at radius 2 is 1.96 bits per heavy atom. The van der Waals surface area contributed by atoms with E-state index in [0.717, 1.165) is 53.8 Å². The molecule has 0 saturated heterocycles. The van der Waals surface area contributed by atoms with Crippen LogP contribution in [0.15, 0.2) is 40.8 Å². The Morgan fingerprint density at radius 1 is 1.12 bits per heavy atom. The molecule has 2 aromatic heterocycles. The van der Waals surface area contributed by atoms with Crippen molar-refractivity contribution in [3.05, 3.63) is 42.3 Å². The average molecular weight is 337 g/mol. The zero-order valence-electron chi connectivity index (χ0n) is 14.2. The van der Waals surface area contributed by atoms with E-state index in [-0.39, 0.29) is 6.42 Å². The van der Waals surface area contributed by atoms with E-state index < -0.39 is 5.97 Å². The maximum Gasteiger partial charge on any atom is 0.344 e. The van der Waals surface area contributed by atoms with E-state index in [0.29, 0.717) is 0 Å². The van der Waals surface area contributed by atoms with Gasteiger partial charge in [-0.1, -0.05) is 18.2 Å². The molecular weight excluding hydrogens is 316 g/mol. The maximum atomic E-state index is 10.6. The van der Waals surface area contributed by atoms with Gasteiger partial charge in [0.25, 0.3) is 5.52 Å². The number of nitrogens with zero attached hydrogens (tertiary/aromatic N) is 1. The zero-order chi connectivity index (χ0) is 17.4. The number of rotatable bonds is 6. The molecule has 128 valence electrons. The topological polar surface area (TPSA) is 70.1 Å². The van der Waals surface area contributed by atoms with Crippen LogP contribution < -0.4 is 4.57 Å². The van der Waals surface area contributed by atoms with Gasteiger partial charge >= 0.3 is 11.9 Å². The van der Waals surface area contributed by atoms with Crippen LogP contribution in [-0.2, 0) is 11.3 Å². The highest BCUT2D eigenvalue weighted by atomic mass is 16.4. The van der Waals surface area contributed by atoms with Gasteiger partial charge in [0.1, 0.15) is 0 Å². The molecule has 2 heterocycles. The molecule has 0 radical (unpaired) electrons. The van der Waals surface area contributed by atoms with Crippen molar-refractivity contribution in [1.29, 1.82) is 0 Å². The molecule has 2 aromatic carbocycles. The second-order valence-corrected chi connectivity index (χ2v) is 6.51. The summed E-state index contributed by atoms with van der Waals surface area (Å²) in [6.45, 7) is 2.82. The van der Waals surface area contributed by atoms with Gasteiger partial charge in [-0.2, -0.15) is 4.57 Å². The third kappa shape index (κ3) is 2.86. The van der Waals surface area contributed by atoms with Crippen LogP contribution in [0.25, 0.3) is 32.9 Å². The SMILES string of the molecule is Cc1oc2cc3[nH]c4ccccc4c3cc2[n+]1CCCCCC(=O)O. The predicted molar refractivity (Wildman–Crippen MR) is 96.6 cm³/mol. The third-order valence-corrected chi connectivity index (χ3v) is 4.79. The number of hydrogen-bond acceptors (Lipinski definition) is 2. The van der Waals surface area contributed by atoms with Crippen LogP contribution in [-0.4, -0.2) is 16.1 Å². The lowest BCUT2D eigenvalue weighted by molar-refractivity contribution is -0.683. The molecule has 0 atom stereocenters. The highest BCUT2D eigenvalue weighted by Gasteiger charge is 2.20. The number of aliphatic carboxylic acids is 1. The molecule has 0 spiro atoms. The van der Waals surface area contributed by atoms with Crippen LogP contribution >= 0.6 is 0 Å². The number of aromatic nitrogens is 2. The van der Waals surface area contributed by atoms with E-state index in [1.165, 1.54) is 10.8 Å². The smallest absolute Gasteiger partial charge is 0.344 e. The zero-order valence-corrected chi connectivity index (χ0v) is 14.2. The lowest BCUT2D eigenvalue weighted by Gasteiger charge is -1.97. The van der Waals surface area contributed by atoms with Crippen LogP contribution in [0.2, 0.25) is 0 Å². The number of fused-ring (bicyclic) bond motifs is 4. The molecule has 0 bridgehead atoms. The molecule has 25 heavy (non-hydrogen) atoms. The van der Waals surface area contributed by atoms with E-state index in [2.05, 4.69) is 39.9 Å². The van der Waals surface area contributed by atoms with Crippen molar-refractivity contribution in [1.82, 2.24) is 4.98 Å². The Bertz CT molecular complexity index is 1070. The van der Waals surface area contributed by atoms with E-state index in [1.807, 2.05) is 13.0 Å². The molecule has 0 unspecified atom stereocenters. The van der Waals surface area contributed by atoms with Gasteiger partial charge in [0.05, 0.1) is 12.4 Å². The summed E-state index contributed by atoms with van der Waals surface area (Å²) in [6, 6.07) is 12.6. The number of carbonyl (C=O) groups is 1. The second kappa shape index (κ2) is 6.24. The van der Waals surface area contributed by atoms with E-state index in [1.54, 1.807) is 0 Å². The predicted octanol–water partition coefficient (Wildman–Crippen LogP) is 4.31. The van der Waals surface area contributed by atoms with Gasteiger partial charge in [-0.3, -0.25) is 4.79 Å². The van der Waals surface area contributed by atoms with Gasteiger partial charge in [0, 0.05) is 41.3 Å². The van der Waals surface area contributed by atoms with Crippen molar-refractivity contribution >= 4 is 38.9 Å². The number of hydrogen-bond donors (Lipinski definition) is 2. The fourth-order valence-electron chi connectivity index (χ4n) is 3.54. The fourth-order valence-corrected chi connectivity index (χ4v) is 3.54. The number of aromatic amines is 1. The largest absolute Gasteiger partial charge is 0.481 e. The molecule has 0 aliphatic carbocycles. The molecule has 4 rings (SSSR count). The maximum absolute atomic E-state index is 10.6. The second-order valence-electron chi connectivity index (χ2n) is 6.51. The normalized spacial score (nSPS) is 11.7. The fraction of sp³-hybridized carbons (Fsp3) is 0.300. The van der Waals surface area contributed by atoms with Crippen molar-refractivity contribution in [2.24, 2.45) is 0 Å². The highest BCUT2D eigenvalue weighted by Crippen LogP contribution is 2.29. The minimum atomic E-state index is -0.723. The highest BCUT2D eigenvalue weighted by molar-refractivity contribution is 6.10. The van der Waals surface area contributed by atoms with E-state index in [4.69, 9.17) is 9.52 Å². The van der Waals surface area contributed by atoms with Gasteiger partial charge in [-0.05, 0) is 18.9 Å². The summed E-state index contributed by atoms with van der Waals surface area (Å²) < 4.78 is 8.14. The molecule has 2 N–H and O–H groups in total. The first kappa shape index (κ1) is 15.7. The molecule has 0 saturated carbocycles. The van der Waals surface area contributed by atoms with Crippen molar-refractivity contribution in [3.63, 3.8) is 0 Å². The van der Waals surface area contributed by atoms with Crippen molar-refractivity contribution < 1.29 is 18.9 Å². The minimum Gasteiger partial charge on any atom is -0.481 e. The number of unbranched alkanes of at least 4 members (excludes halogenated alkanes) is 2. The first-order chi connectivity index (χ1) is 12.1. The molecule has 4 aromatic rings. The molecule has 0 amide bonds. The Hall–Kier alpha value is -2.82. The number of para-hydroxylation sites is 1. The average Bonchev–Trinajstić information content (AvgIpc) is 3.09. The standard InChI is InChI=1S/C20H20N2O3/c1-13-22(10-6-2-3-9-20(23)24)18-11-15-14-7-4-5-8-16(14)21-17(15)12-19(18)25-13/h4-5,7-8,11-12,21H,2-3,6,9-10H2,1H3/p+1. The molecule has 0 fully saturated rings. The van der Waals surface area contributed by atoms with Crippen molar-refractivity contribution in [2.45, 2.75) is 39.2 Å². The Morgan fingerprint density at radius 3 is 2.80 bits per heavy atom. The quantitative estimate of drug-likeness (QED) is 0.407. The summed E-state index contributed by atoms with van der Waals surface area (Å²) in [5.41, 5.74) is 4.17. The Balaban J connectivity index is 1.67. The van der Waals surface area contributed by atoms with Crippen molar-refractivity contribution in [2.75, 3.05) is 0 Å². The monoisotopic (exact) mass is 337 g/mol. The van der Waals surface area contributed by atoms with Crippen LogP contribution in [0.4, 0.5) is 0 Å². The number of carboxylic acids is 1. The molecule has 0 aliphatic heterocycles. The van der Waals surface area contributed by atoms with Crippen LogP contribution in [0.5, 0.6) is 0 Å². The minimum absolute atomic E-state index is 0.242. The van der Waals surface area contributed by atoms with E-state index >= 15 is 0 Å². The van der Waals surface area contributed by atoms with E-state index in [9.17, 15) is 4.79 Å². The first-order valence-electron chi connectivity index (χ1n) is 8.69. The summed E-state index contributed by atoms with van der Waals surface area (Å²) in [5.74, 6) is 0.157. The summed E-state index contributed by atoms with van der Waals surface area (Å²) in [6.07, 6.45) is 2.81.